The minimum Gasteiger partial charge on any atom is -0.314 e. The number of unbranched alkanes of at least 4 members (excludes halogenated alkanes) is 1. The van der Waals surface area contributed by atoms with Crippen molar-refractivity contribution in [2.75, 3.05) is 6.54 Å². The maximum atomic E-state index is 3.63. The van der Waals surface area contributed by atoms with Gasteiger partial charge < -0.3 is 5.32 Å². The van der Waals surface area contributed by atoms with Gasteiger partial charge in [-0.2, -0.15) is 0 Å². The second kappa shape index (κ2) is 7.41. The molecule has 0 spiro atoms. The summed E-state index contributed by atoms with van der Waals surface area (Å²) in [6.07, 6.45) is 11.3. The molecule has 1 aliphatic rings. The molecular weight excluding hydrogens is 206 g/mol. The number of nitrogens with one attached hydrogen (secondary N) is 1. The Morgan fingerprint density at radius 3 is 2.65 bits per heavy atom. The highest BCUT2D eigenvalue weighted by Crippen LogP contribution is 2.44. The largest absolute Gasteiger partial charge is 0.314 e. The average Bonchev–Trinajstić information content (AvgIpc) is 2.67. The van der Waals surface area contributed by atoms with Crippen LogP contribution < -0.4 is 5.32 Å². The van der Waals surface area contributed by atoms with E-state index in [1.54, 1.807) is 0 Å². The van der Waals surface area contributed by atoms with Gasteiger partial charge in [0, 0.05) is 6.04 Å². The molecule has 0 aromatic rings. The maximum absolute atomic E-state index is 3.63. The lowest BCUT2D eigenvalue weighted by Gasteiger charge is -2.29. The highest BCUT2D eigenvalue weighted by molar-refractivity contribution is 4.90. The van der Waals surface area contributed by atoms with Gasteiger partial charge in [0.15, 0.2) is 0 Å². The lowest BCUT2D eigenvalue weighted by atomic mass is 9.77. The standard InChI is InChI=1S/C16H33N/c1-5-8-9-14(6-2)12-16(4)11-10-15(13-16)17-7-3/h14-15,17H,5-13H2,1-4H3. The summed E-state index contributed by atoms with van der Waals surface area (Å²) in [7, 11) is 0. The topological polar surface area (TPSA) is 12.0 Å². The number of hydrogen-bond donors (Lipinski definition) is 1. The molecule has 1 saturated carbocycles. The number of hydrogen-bond acceptors (Lipinski definition) is 1. The van der Waals surface area contributed by atoms with Gasteiger partial charge in [-0.25, -0.2) is 0 Å². The molecule has 0 saturated heterocycles. The molecule has 0 heterocycles. The van der Waals surface area contributed by atoms with Gasteiger partial charge in [-0.05, 0) is 43.6 Å². The summed E-state index contributed by atoms with van der Waals surface area (Å²) >= 11 is 0. The Morgan fingerprint density at radius 1 is 1.29 bits per heavy atom. The van der Waals surface area contributed by atoms with E-state index in [4.69, 9.17) is 0 Å². The Kier molecular flexibility index (Phi) is 6.54. The summed E-state index contributed by atoms with van der Waals surface area (Å²) in [5, 5.41) is 3.63. The van der Waals surface area contributed by atoms with Gasteiger partial charge in [0.1, 0.15) is 0 Å². The van der Waals surface area contributed by atoms with Crippen molar-refractivity contribution in [1.29, 1.82) is 0 Å². The molecule has 0 bridgehead atoms. The predicted octanol–water partition coefficient (Wildman–Crippen LogP) is 4.76. The SMILES string of the molecule is CCCCC(CC)CC1(C)CCC(NCC)C1. The average molecular weight is 239 g/mol. The first-order valence-corrected chi connectivity index (χ1v) is 7.87. The normalized spacial score (nSPS) is 30.7. The van der Waals surface area contributed by atoms with Crippen molar-refractivity contribution >= 4 is 0 Å². The molecular formula is C16H33N. The molecule has 0 amide bonds. The molecule has 0 aromatic heterocycles. The summed E-state index contributed by atoms with van der Waals surface area (Å²) in [4.78, 5) is 0. The van der Waals surface area contributed by atoms with Gasteiger partial charge in [-0.15, -0.1) is 0 Å². The fourth-order valence-electron chi connectivity index (χ4n) is 3.61. The molecule has 3 atom stereocenters. The van der Waals surface area contributed by atoms with Gasteiger partial charge in [0.25, 0.3) is 0 Å². The minimum atomic E-state index is 0.626. The molecule has 0 radical (unpaired) electrons. The van der Waals surface area contributed by atoms with Crippen molar-refractivity contribution in [2.24, 2.45) is 11.3 Å². The zero-order valence-corrected chi connectivity index (χ0v) is 12.5. The Hall–Kier alpha value is -0.0400. The van der Waals surface area contributed by atoms with Crippen molar-refractivity contribution in [2.45, 2.75) is 85.1 Å². The molecule has 102 valence electrons. The zero-order chi connectivity index (χ0) is 12.7. The first kappa shape index (κ1) is 15.0. The first-order chi connectivity index (χ1) is 8.13. The van der Waals surface area contributed by atoms with E-state index in [0.29, 0.717) is 5.41 Å². The first-order valence-electron chi connectivity index (χ1n) is 7.87. The van der Waals surface area contributed by atoms with E-state index in [2.05, 4.69) is 33.0 Å². The molecule has 0 aromatic carbocycles. The van der Waals surface area contributed by atoms with Crippen LogP contribution in [0.15, 0.2) is 0 Å². The fourth-order valence-corrected chi connectivity index (χ4v) is 3.61. The van der Waals surface area contributed by atoms with Gasteiger partial charge in [-0.1, -0.05) is 53.4 Å². The van der Waals surface area contributed by atoms with E-state index >= 15 is 0 Å². The maximum Gasteiger partial charge on any atom is 0.00723 e. The smallest absolute Gasteiger partial charge is 0.00723 e. The molecule has 17 heavy (non-hydrogen) atoms. The van der Waals surface area contributed by atoms with E-state index in [9.17, 15) is 0 Å². The molecule has 1 rings (SSSR count). The van der Waals surface area contributed by atoms with Crippen LogP contribution in [-0.2, 0) is 0 Å². The van der Waals surface area contributed by atoms with Gasteiger partial charge in [0.05, 0.1) is 0 Å². The minimum absolute atomic E-state index is 0.626. The third-order valence-electron chi connectivity index (χ3n) is 4.65. The fraction of sp³-hybridized carbons (Fsp3) is 1.00. The quantitative estimate of drug-likeness (QED) is 0.644. The van der Waals surface area contributed by atoms with Crippen LogP contribution in [0.4, 0.5) is 0 Å². The molecule has 1 nitrogen and oxygen atoms in total. The lowest BCUT2D eigenvalue weighted by Crippen LogP contribution is -2.28. The second-order valence-corrected chi connectivity index (χ2v) is 6.43. The molecule has 0 aliphatic heterocycles. The van der Waals surface area contributed by atoms with E-state index in [1.165, 1.54) is 51.4 Å². The summed E-state index contributed by atoms with van der Waals surface area (Å²) in [5.74, 6) is 0.973. The monoisotopic (exact) mass is 239 g/mol. The van der Waals surface area contributed by atoms with Crippen molar-refractivity contribution in [3.63, 3.8) is 0 Å². The summed E-state index contributed by atoms with van der Waals surface area (Å²) < 4.78 is 0. The van der Waals surface area contributed by atoms with Gasteiger partial charge in [0.2, 0.25) is 0 Å². The van der Waals surface area contributed by atoms with Crippen LogP contribution in [0.3, 0.4) is 0 Å². The third-order valence-corrected chi connectivity index (χ3v) is 4.65. The predicted molar refractivity (Wildman–Crippen MR) is 77.3 cm³/mol. The van der Waals surface area contributed by atoms with Crippen molar-refractivity contribution < 1.29 is 0 Å². The lowest BCUT2D eigenvalue weighted by molar-refractivity contribution is 0.226. The molecule has 3 unspecified atom stereocenters. The Balaban J connectivity index is 2.37. The second-order valence-electron chi connectivity index (χ2n) is 6.43. The van der Waals surface area contributed by atoms with Crippen molar-refractivity contribution in [3.05, 3.63) is 0 Å². The summed E-state index contributed by atoms with van der Waals surface area (Å²) in [6, 6.07) is 0.800. The molecule has 1 N–H and O–H groups in total. The Morgan fingerprint density at radius 2 is 2.06 bits per heavy atom. The van der Waals surface area contributed by atoms with Crippen LogP contribution in [-0.4, -0.2) is 12.6 Å². The summed E-state index contributed by atoms with van der Waals surface area (Å²) in [6.45, 7) is 10.6. The van der Waals surface area contributed by atoms with Crippen LogP contribution >= 0.6 is 0 Å². The van der Waals surface area contributed by atoms with E-state index in [1.807, 2.05) is 0 Å². The van der Waals surface area contributed by atoms with Gasteiger partial charge in [-0.3, -0.25) is 0 Å². The Labute approximate surface area is 109 Å². The van der Waals surface area contributed by atoms with E-state index < -0.39 is 0 Å². The third kappa shape index (κ3) is 4.99. The molecule has 1 heteroatoms. The van der Waals surface area contributed by atoms with Crippen molar-refractivity contribution in [3.8, 4) is 0 Å². The van der Waals surface area contributed by atoms with Gasteiger partial charge >= 0.3 is 0 Å². The Bertz CT molecular complexity index is 202. The number of rotatable bonds is 8. The molecule has 1 fully saturated rings. The highest BCUT2D eigenvalue weighted by atomic mass is 14.9. The van der Waals surface area contributed by atoms with Crippen LogP contribution in [0.1, 0.15) is 79.1 Å². The van der Waals surface area contributed by atoms with Crippen LogP contribution in [0, 0.1) is 11.3 Å². The summed E-state index contributed by atoms with van der Waals surface area (Å²) in [5.41, 5.74) is 0.626. The van der Waals surface area contributed by atoms with E-state index in [0.717, 1.165) is 18.5 Å². The van der Waals surface area contributed by atoms with Crippen LogP contribution in [0.25, 0.3) is 0 Å². The zero-order valence-electron chi connectivity index (χ0n) is 12.5. The highest BCUT2D eigenvalue weighted by Gasteiger charge is 2.35. The van der Waals surface area contributed by atoms with Crippen LogP contribution in [0.5, 0.6) is 0 Å². The molecule has 1 aliphatic carbocycles. The van der Waals surface area contributed by atoms with Crippen molar-refractivity contribution in [1.82, 2.24) is 5.32 Å². The van der Waals surface area contributed by atoms with E-state index in [-0.39, 0.29) is 0 Å². The van der Waals surface area contributed by atoms with Crippen LogP contribution in [0.2, 0.25) is 0 Å².